The molecule has 0 radical (unpaired) electrons. The fourth-order valence-corrected chi connectivity index (χ4v) is 5.01. The van der Waals surface area contributed by atoms with Gasteiger partial charge >= 0.3 is 0 Å². The number of nitrogens with zero attached hydrogens (tertiary/aromatic N) is 3. The molecule has 150 valence electrons. The molecule has 2 heterocycles. The normalized spacial score (nSPS) is 15.9. The van der Waals surface area contributed by atoms with Gasteiger partial charge < -0.3 is 5.32 Å². The number of carbonyl (C=O) groups excluding carboxylic acids is 1. The van der Waals surface area contributed by atoms with Crippen LogP contribution in [0.2, 0.25) is 0 Å². The summed E-state index contributed by atoms with van der Waals surface area (Å²) in [5, 5.41) is 7.98. The Morgan fingerprint density at radius 1 is 1.07 bits per heavy atom. The van der Waals surface area contributed by atoms with E-state index in [0.717, 1.165) is 16.5 Å². The second-order valence-corrected chi connectivity index (χ2v) is 8.90. The lowest BCUT2D eigenvalue weighted by molar-refractivity contribution is -0.117. The third-order valence-electron chi connectivity index (χ3n) is 4.84. The maximum absolute atomic E-state index is 12.5. The minimum atomic E-state index is -3.28. The van der Waals surface area contributed by atoms with Crippen LogP contribution in [0.4, 0.5) is 11.4 Å². The first-order valence-corrected chi connectivity index (χ1v) is 10.9. The fourth-order valence-electron chi connectivity index (χ4n) is 3.37. The van der Waals surface area contributed by atoms with Gasteiger partial charge in [-0.15, -0.1) is 0 Å². The summed E-state index contributed by atoms with van der Waals surface area (Å²) in [6.07, 6.45) is 3.05. The number of sulfonamides is 1. The second kappa shape index (κ2) is 7.67. The van der Waals surface area contributed by atoms with Crippen LogP contribution in [0.15, 0.2) is 59.5 Å². The molecule has 9 heteroatoms. The Kier molecular flexibility index (Phi) is 5.06. The van der Waals surface area contributed by atoms with Gasteiger partial charge in [0.05, 0.1) is 23.0 Å². The highest BCUT2D eigenvalue weighted by Gasteiger charge is 2.25. The molecule has 1 aliphatic heterocycles. The molecule has 0 aliphatic carbocycles. The van der Waals surface area contributed by atoms with Gasteiger partial charge in [0.1, 0.15) is 6.54 Å². The maximum Gasteiger partial charge on any atom is 0.275 e. The van der Waals surface area contributed by atoms with Gasteiger partial charge in [-0.3, -0.25) is 13.9 Å². The van der Waals surface area contributed by atoms with E-state index >= 15 is 0 Å². The Morgan fingerprint density at radius 2 is 1.83 bits per heavy atom. The Hall–Kier alpha value is -3.20. The lowest BCUT2D eigenvalue weighted by Gasteiger charge is -2.28. The zero-order chi connectivity index (χ0) is 20.4. The fraction of sp³-hybridized carbons (Fsp3) is 0.250. The number of hydrogen-bond donors (Lipinski definition) is 1. The van der Waals surface area contributed by atoms with Crippen LogP contribution < -0.4 is 15.2 Å². The summed E-state index contributed by atoms with van der Waals surface area (Å²) in [6.45, 7) is 0.247. The van der Waals surface area contributed by atoms with Gasteiger partial charge in [-0.05, 0) is 43.2 Å². The van der Waals surface area contributed by atoms with E-state index in [9.17, 15) is 18.0 Å². The lowest BCUT2D eigenvalue weighted by Crippen LogP contribution is -2.37. The summed E-state index contributed by atoms with van der Waals surface area (Å²) in [4.78, 5) is 24.8. The highest BCUT2D eigenvalue weighted by atomic mass is 32.2. The number of fused-ring (bicyclic) bond motifs is 1. The Labute approximate surface area is 167 Å². The van der Waals surface area contributed by atoms with Crippen molar-refractivity contribution in [3.8, 4) is 0 Å². The molecule has 3 aromatic rings. The van der Waals surface area contributed by atoms with Crippen LogP contribution in [-0.2, 0) is 21.4 Å². The van der Waals surface area contributed by atoms with Crippen molar-refractivity contribution >= 4 is 38.1 Å². The topological polar surface area (TPSA) is 101 Å². The molecule has 1 aromatic heterocycles. The van der Waals surface area contributed by atoms with Gasteiger partial charge in [0.15, 0.2) is 0 Å². The molecule has 0 spiro atoms. The number of rotatable bonds is 4. The summed E-state index contributed by atoms with van der Waals surface area (Å²) < 4.78 is 26.9. The molecule has 1 aliphatic rings. The summed E-state index contributed by atoms with van der Waals surface area (Å²) in [5.41, 5.74) is 0.765. The summed E-state index contributed by atoms with van der Waals surface area (Å²) >= 11 is 0. The molecule has 0 bridgehead atoms. The average molecular weight is 412 g/mol. The van der Waals surface area contributed by atoms with Crippen molar-refractivity contribution in [3.63, 3.8) is 0 Å². The molecular formula is C20H20N4O4S. The van der Waals surface area contributed by atoms with Crippen molar-refractivity contribution in [2.45, 2.75) is 19.4 Å². The van der Waals surface area contributed by atoms with E-state index < -0.39 is 15.9 Å². The highest BCUT2D eigenvalue weighted by Crippen LogP contribution is 2.24. The minimum absolute atomic E-state index is 0.152. The number of nitrogens with one attached hydrogen (secondary N) is 1. The molecule has 1 saturated heterocycles. The zero-order valence-corrected chi connectivity index (χ0v) is 16.4. The van der Waals surface area contributed by atoms with Crippen LogP contribution in [0.5, 0.6) is 0 Å². The minimum Gasteiger partial charge on any atom is -0.324 e. The van der Waals surface area contributed by atoms with E-state index in [-0.39, 0.29) is 17.9 Å². The predicted molar refractivity (Wildman–Crippen MR) is 111 cm³/mol. The molecule has 4 rings (SSSR count). The van der Waals surface area contributed by atoms with E-state index in [0.29, 0.717) is 29.7 Å². The van der Waals surface area contributed by atoms with Crippen molar-refractivity contribution in [3.05, 3.63) is 65.1 Å². The molecule has 29 heavy (non-hydrogen) atoms. The first-order chi connectivity index (χ1) is 13.9. The summed E-state index contributed by atoms with van der Waals surface area (Å²) in [6, 6.07) is 13.7. The van der Waals surface area contributed by atoms with Crippen LogP contribution in [0, 0.1) is 0 Å². The van der Waals surface area contributed by atoms with Gasteiger partial charge in [0, 0.05) is 17.6 Å². The molecule has 0 saturated carbocycles. The van der Waals surface area contributed by atoms with Crippen LogP contribution in [0.1, 0.15) is 12.8 Å². The van der Waals surface area contributed by atoms with E-state index in [1.54, 1.807) is 48.7 Å². The molecule has 8 nitrogen and oxygen atoms in total. The number of anilines is 2. The van der Waals surface area contributed by atoms with Crippen molar-refractivity contribution in [2.75, 3.05) is 21.9 Å². The van der Waals surface area contributed by atoms with Gasteiger partial charge in [0.2, 0.25) is 15.9 Å². The molecule has 1 fully saturated rings. The smallest absolute Gasteiger partial charge is 0.275 e. The first kappa shape index (κ1) is 19.1. The number of aromatic nitrogens is 2. The molecule has 1 N–H and O–H groups in total. The molecular weight excluding hydrogens is 392 g/mol. The molecule has 1 amide bonds. The number of carbonyl (C=O) groups is 1. The lowest BCUT2D eigenvalue weighted by atomic mass is 10.2. The van der Waals surface area contributed by atoms with Crippen molar-refractivity contribution in [1.82, 2.24) is 9.78 Å². The Balaban J connectivity index is 1.46. The van der Waals surface area contributed by atoms with Gasteiger partial charge in [-0.1, -0.05) is 18.2 Å². The number of benzene rings is 2. The quantitative estimate of drug-likeness (QED) is 0.706. The van der Waals surface area contributed by atoms with Gasteiger partial charge in [-0.2, -0.15) is 5.10 Å². The van der Waals surface area contributed by atoms with E-state index in [2.05, 4.69) is 10.4 Å². The second-order valence-electron chi connectivity index (χ2n) is 6.88. The third kappa shape index (κ3) is 4.00. The average Bonchev–Trinajstić information content (AvgIpc) is 2.71. The van der Waals surface area contributed by atoms with Crippen molar-refractivity contribution in [2.24, 2.45) is 0 Å². The van der Waals surface area contributed by atoms with Crippen LogP contribution in [-0.4, -0.2) is 36.4 Å². The van der Waals surface area contributed by atoms with Gasteiger partial charge in [-0.25, -0.2) is 13.1 Å². The standard InChI is InChI=1S/C20H20N4O4S/c25-19(14-23-20(26)18-6-2-1-5-15(18)13-21-23)22-16-7-9-17(10-8-16)24-11-3-4-12-29(24,27)28/h1-2,5-10,13H,3-4,11-12,14H2,(H,22,25). The van der Waals surface area contributed by atoms with Crippen LogP contribution >= 0.6 is 0 Å². The van der Waals surface area contributed by atoms with Crippen molar-refractivity contribution < 1.29 is 13.2 Å². The largest absolute Gasteiger partial charge is 0.324 e. The SMILES string of the molecule is O=C(Cn1ncc2ccccc2c1=O)Nc1ccc(N2CCCCS2(=O)=O)cc1. The van der Waals surface area contributed by atoms with Gasteiger partial charge in [0.25, 0.3) is 5.56 Å². The Morgan fingerprint density at radius 3 is 2.59 bits per heavy atom. The third-order valence-corrected chi connectivity index (χ3v) is 6.71. The maximum atomic E-state index is 12.5. The van der Waals surface area contributed by atoms with Crippen LogP contribution in [0.3, 0.4) is 0 Å². The molecule has 0 atom stereocenters. The summed E-state index contributed by atoms with van der Waals surface area (Å²) in [7, 11) is -3.28. The zero-order valence-electron chi connectivity index (χ0n) is 15.6. The molecule has 0 unspecified atom stereocenters. The van der Waals surface area contributed by atoms with Crippen molar-refractivity contribution in [1.29, 1.82) is 0 Å². The highest BCUT2D eigenvalue weighted by molar-refractivity contribution is 7.92. The number of hydrogen-bond acceptors (Lipinski definition) is 5. The summed E-state index contributed by atoms with van der Waals surface area (Å²) in [5.74, 6) is -0.243. The molecule has 2 aromatic carbocycles. The van der Waals surface area contributed by atoms with E-state index in [1.165, 1.54) is 4.31 Å². The van der Waals surface area contributed by atoms with Crippen LogP contribution in [0.25, 0.3) is 10.8 Å². The Bertz CT molecular complexity index is 1220. The number of amides is 1. The first-order valence-electron chi connectivity index (χ1n) is 9.29. The predicted octanol–water partition coefficient (Wildman–Crippen LogP) is 1.97. The van der Waals surface area contributed by atoms with E-state index in [1.807, 2.05) is 6.07 Å². The van der Waals surface area contributed by atoms with E-state index in [4.69, 9.17) is 0 Å². The monoisotopic (exact) mass is 412 g/mol.